The Kier molecular flexibility index (Phi) is 5.66. The van der Waals surface area contributed by atoms with Crippen molar-refractivity contribution in [1.29, 1.82) is 0 Å². The molecule has 0 amide bonds. The van der Waals surface area contributed by atoms with Gasteiger partial charge in [0.25, 0.3) is 0 Å². The molecule has 0 spiro atoms. The molecule has 150 valence electrons. The molecule has 28 heavy (non-hydrogen) atoms. The van der Waals surface area contributed by atoms with Gasteiger partial charge in [0.05, 0.1) is 0 Å². The van der Waals surface area contributed by atoms with E-state index in [0.717, 1.165) is 5.92 Å². The first-order valence-electron chi connectivity index (χ1n) is 11.5. The largest absolute Gasteiger partial charge is 0.371 e. The molecule has 2 aromatic rings. The molecule has 1 saturated heterocycles. The molecule has 1 aliphatic heterocycles. The van der Waals surface area contributed by atoms with E-state index in [1.165, 1.54) is 105 Å². The molecule has 4 heteroatoms. The maximum Gasteiger partial charge on any atom is 0.120 e. The van der Waals surface area contributed by atoms with Gasteiger partial charge in [-0.1, -0.05) is 31.4 Å². The first kappa shape index (κ1) is 18.6. The van der Waals surface area contributed by atoms with Crippen LogP contribution in [0.1, 0.15) is 91.6 Å². The lowest BCUT2D eigenvalue weighted by Crippen LogP contribution is -2.36. The quantitative estimate of drug-likeness (QED) is 0.550. The number of nitrogens with zero attached hydrogens (tertiary/aromatic N) is 3. The van der Waals surface area contributed by atoms with Crippen molar-refractivity contribution in [1.82, 2.24) is 10.2 Å². The Morgan fingerprint density at radius 2 is 1.79 bits per heavy atom. The zero-order chi connectivity index (χ0) is 18.8. The van der Waals surface area contributed by atoms with E-state index >= 15 is 0 Å². The van der Waals surface area contributed by atoms with Gasteiger partial charge in [-0.25, -0.2) is 0 Å². The highest BCUT2D eigenvalue weighted by atomic mass is 32.1. The molecule has 3 aliphatic rings. The zero-order valence-electron chi connectivity index (χ0n) is 17.0. The summed E-state index contributed by atoms with van der Waals surface area (Å²) >= 11 is 1.94. The Bertz CT molecular complexity index is 776. The van der Waals surface area contributed by atoms with E-state index in [2.05, 4.69) is 39.4 Å². The van der Waals surface area contributed by atoms with Crippen molar-refractivity contribution in [3.63, 3.8) is 0 Å². The summed E-state index contributed by atoms with van der Waals surface area (Å²) < 4.78 is 0. The highest BCUT2D eigenvalue weighted by Crippen LogP contribution is 2.47. The second-order valence-corrected chi connectivity index (χ2v) is 10.2. The first-order chi connectivity index (χ1) is 13.9. The minimum Gasteiger partial charge on any atom is -0.371 e. The van der Waals surface area contributed by atoms with Crippen molar-refractivity contribution in [2.24, 2.45) is 5.92 Å². The molecule has 2 heterocycles. The number of benzene rings is 1. The molecular weight excluding hydrogens is 362 g/mol. The third-order valence-corrected chi connectivity index (χ3v) is 8.54. The average molecular weight is 396 g/mol. The number of hydrogen-bond acceptors (Lipinski definition) is 4. The van der Waals surface area contributed by atoms with E-state index in [0.29, 0.717) is 11.8 Å². The molecule has 0 radical (unpaired) electrons. The summed E-state index contributed by atoms with van der Waals surface area (Å²) in [6.45, 7) is 2.47. The third-order valence-electron chi connectivity index (χ3n) is 7.32. The van der Waals surface area contributed by atoms with E-state index in [1.807, 2.05) is 11.3 Å². The first-order valence-corrected chi connectivity index (χ1v) is 12.4. The number of anilines is 1. The highest BCUT2D eigenvalue weighted by molar-refractivity contribution is 7.11. The number of aromatic nitrogens is 2. The van der Waals surface area contributed by atoms with E-state index in [4.69, 9.17) is 0 Å². The van der Waals surface area contributed by atoms with Crippen LogP contribution < -0.4 is 4.90 Å². The summed E-state index contributed by atoms with van der Waals surface area (Å²) in [4.78, 5) is 2.49. The molecule has 2 saturated carbocycles. The van der Waals surface area contributed by atoms with Gasteiger partial charge in [-0.15, -0.1) is 21.5 Å². The van der Waals surface area contributed by atoms with Gasteiger partial charge in [0.1, 0.15) is 10.0 Å². The van der Waals surface area contributed by atoms with Crippen LogP contribution >= 0.6 is 11.3 Å². The molecule has 1 aromatic carbocycles. The van der Waals surface area contributed by atoms with Crippen LogP contribution in [0.4, 0.5) is 5.69 Å². The van der Waals surface area contributed by atoms with Crippen LogP contribution in [0, 0.1) is 5.92 Å². The lowest BCUT2D eigenvalue weighted by Gasteiger charge is -2.35. The summed E-state index contributed by atoms with van der Waals surface area (Å²) in [5, 5.41) is 11.9. The second kappa shape index (κ2) is 8.52. The maximum atomic E-state index is 4.64. The molecule has 2 aliphatic carbocycles. The Balaban J connectivity index is 1.12. The van der Waals surface area contributed by atoms with Crippen LogP contribution in [-0.4, -0.2) is 23.3 Å². The lowest BCUT2D eigenvalue weighted by molar-refractivity contribution is 0.233. The molecule has 5 rings (SSSR count). The molecular formula is C24H33N3S. The van der Waals surface area contributed by atoms with Crippen molar-refractivity contribution in [2.45, 2.75) is 82.5 Å². The van der Waals surface area contributed by atoms with Gasteiger partial charge in [-0.2, -0.15) is 0 Å². The zero-order valence-corrected chi connectivity index (χ0v) is 17.8. The van der Waals surface area contributed by atoms with Crippen molar-refractivity contribution in [3.05, 3.63) is 39.8 Å². The minimum atomic E-state index is 0.697. The molecule has 0 bridgehead atoms. The minimum absolute atomic E-state index is 0.697. The fourth-order valence-electron chi connectivity index (χ4n) is 5.20. The molecule has 1 aromatic heterocycles. The number of hydrogen-bond donors (Lipinski definition) is 0. The van der Waals surface area contributed by atoms with E-state index in [9.17, 15) is 0 Å². The topological polar surface area (TPSA) is 29.0 Å². The van der Waals surface area contributed by atoms with Gasteiger partial charge in [0.2, 0.25) is 0 Å². The average Bonchev–Trinajstić information content (AvgIpc) is 3.13. The second-order valence-electron chi connectivity index (χ2n) is 9.16. The monoisotopic (exact) mass is 395 g/mol. The van der Waals surface area contributed by atoms with E-state index < -0.39 is 0 Å². The van der Waals surface area contributed by atoms with E-state index in [1.54, 1.807) is 0 Å². The summed E-state index contributed by atoms with van der Waals surface area (Å²) in [5.74, 6) is 2.24. The maximum absolute atomic E-state index is 4.64. The normalized spacial score (nSPS) is 25.4. The number of aryl methyl sites for hydroxylation is 1. The van der Waals surface area contributed by atoms with Gasteiger partial charge < -0.3 is 4.90 Å². The van der Waals surface area contributed by atoms with Gasteiger partial charge in [0.15, 0.2) is 0 Å². The van der Waals surface area contributed by atoms with Gasteiger partial charge >= 0.3 is 0 Å². The van der Waals surface area contributed by atoms with Crippen molar-refractivity contribution in [2.75, 3.05) is 18.0 Å². The standard InChI is InChI=1S/C24H33N3S/c1-2-9-20(10-3-1)23-25-26-24(28-23)22-14-13-19(22)11-4-7-18-8-5-12-21(17-18)27-15-6-16-27/h5,8,12,17,19-20,22H,1-4,6-7,9-11,13-16H2. The van der Waals surface area contributed by atoms with Crippen molar-refractivity contribution < 1.29 is 0 Å². The van der Waals surface area contributed by atoms with Crippen LogP contribution in [0.2, 0.25) is 0 Å². The molecule has 3 fully saturated rings. The van der Waals surface area contributed by atoms with Crippen LogP contribution in [-0.2, 0) is 6.42 Å². The molecule has 2 atom stereocenters. The van der Waals surface area contributed by atoms with Gasteiger partial charge in [0, 0.05) is 30.6 Å². The highest BCUT2D eigenvalue weighted by Gasteiger charge is 2.34. The van der Waals surface area contributed by atoms with E-state index in [-0.39, 0.29) is 0 Å². The Labute approximate surface area is 173 Å². The van der Waals surface area contributed by atoms with Crippen LogP contribution in [0.5, 0.6) is 0 Å². The fourth-order valence-corrected chi connectivity index (χ4v) is 6.44. The third kappa shape index (κ3) is 3.98. The Hall–Kier alpha value is -1.42. The van der Waals surface area contributed by atoms with Crippen molar-refractivity contribution in [3.8, 4) is 0 Å². The molecule has 3 nitrogen and oxygen atoms in total. The molecule has 0 N–H and O–H groups in total. The van der Waals surface area contributed by atoms with Crippen LogP contribution in [0.3, 0.4) is 0 Å². The molecule has 2 unspecified atom stereocenters. The van der Waals surface area contributed by atoms with Gasteiger partial charge in [-0.3, -0.25) is 0 Å². The lowest BCUT2D eigenvalue weighted by atomic mass is 9.71. The predicted molar refractivity (Wildman–Crippen MR) is 117 cm³/mol. The smallest absolute Gasteiger partial charge is 0.120 e. The summed E-state index contributed by atoms with van der Waals surface area (Å²) in [7, 11) is 0. The summed E-state index contributed by atoms with van der Waals surface area (Å²) in [6.07, 6.45) is 14.8. The number of rotatable bonds is 7. The summed E-state index contributed by atoms with van der Waals surface area (Å²) in [5.41, 5.74) is 2.94. The van der Waals surface area contributed by atoms with Crippen LogP contribution in [0.25, 0.3) is 0 Å². The SMILES string of the molecule is c1cc(CCCC2CCC2c2nnc(C3CCCCC3)s2)cc(N2CCC2)c1. The van der Waals surface area contributed by atoms with Crippen molar-refractivity contribution >= 4 is 17.0 Å². The fraction of sp³-hybridized carbons (Fsp3) is 0.667. The Morgan fingerprint density at radius 1 is 0.929 bits per heavy atom. The summed E-state index contributed by atoms with van der Waals surface area (Å²) in [6, 6.07) is 9.23. The predicted octanol–water partition coefficient (Wildman–Crippen LogP) is 6.31. The Morgan fingerprint density at radius 3 is 2.54 bits per heavy atom. The van der Waals surface area contributed by atoms with Crippen LogP contribution in [0.15, 0.2) is 24.3 Å². The van der Waals surface area contributed by atoms with Gasteiger partial charge in [-0.05, 0) is 75.0 Å².